The summed E-state index contributed by atoms with van der Waals surface area (Å²) in [5, 5.41) is 4.43. The van der Waals surface area contributed by atoms with Gasteiger partial charge in [-0.3, -0.25) is 0 Å². The van der Waals surface area contributed by atoms with Crippen molar-refractivity contribution in [3.8, 4) is 11.1 Å². The van der Waals surface area contributed by atoms with Crippen LogP contribution in [-0.2, 0) is 23.8 Å². The maximum atomic E-state index is 13.4. The van der Waals surface area contributed by atoms with Crippen molar-refractivity contribution in [2.24, 2.45) is 0 Å². The van der Waals surface area contributed by atoms with Crippen molar-refractivity contribution >= 4 is 21.8 Å². The molecule has 0 bridgehead atoms. The van der Waals surface area contributed by atoms with Crippen LogP contribution in [0.15, 0.2) is 87.0 Å². The Morgan fingerprint density at radius 1 is 0.926 bits per heavy atom. The minimum absolute atomic E-state index is 0.763. The highest BCUT2D eigenvalue weighted by Gasteiger charge is 2.19. The first kappa shape index (κ1) is 16.5. The van der Waals surface area contributed by atoms with Gasteiger partial charge in [0.2, 0.25) is 0 Å². The molecular weight excluding hydrogens is 354 g/mol. The lowest BCUT2D eigenvalue weighted by molar-refractivity contribution is 0.488. The molecule has 4 heteroatoms. The molecule has 27 heavy (non-hydrogen) atoms. The second-order valence-corrected chi connectivity index (χ2v) is 8.17. The molecule has 134 valence electrons. The number of hydrogen-bond donors (Lipinski definition) is 1. The van der Waals surface area contributed by atoms with E-state index in [0.29, 0.717) is 0 Å². The minimum atomic E-state index is -1.26. The first-order chi connectivity index (χ1) is 13.3. The van der Waals surface area contributed by atoms with Gasteiger partial charge in [-0.25, -0.2) is 4.21 Å². The summed E-state index contributed by atoms with van der Waals surface area (Å²) in [6, 6.07) is 24.0. The van der Waals surface area contributed by atoms with E-state index in [0.717, 1.165) is 57.2 Å². The first-order valence-corrected chi connectivity index (χ1v) is 10.3. The minimum Gasteiger partial charge on any atom is -0.459 e. The van der Waals surface area contributed by atoms with E-state index in [4.69, 9.17) is 4.42 Å². The zero-order valence-corrected chi connectivity index (χ0v) is 15.6. The average Bonchev–Trinajstić information content (AvgIpc) is 3.12. The molecule has 1 aromatic heterocycles. The molecule has 0 amide bonds. The Balaban J connectivity index is 1.61. The van der Waals surface area contributed by atoms with Gasteiger partial charge in [0, 0.05) is 15.8 Å². The van der Waals surface area contributed by atoms with Crippen molar-refractivity contribution in [1.82, 2.24) is 5.32 Å². The molecule has 1 aliphatic rings. The Morgan fingerprint density at radius 2 is 1.74 bits per heavy atom. The van der Waals surface area contributed by atoms with Gasteiger partial charge in [0.1, 0.15) is 11.3 Å². The molecule has 0 aliphatic carbocycles. The predicted octanol–water partition coefficient (Wildman–Crippen LogP) is 4.91. The molecule has 0 spiro atoms. The van der Waals surface area contributed by atoms with Crippen molar-refractivity contribution in [3.05, 3.63) is 84.1 Å². The molecule has 1 N–H and O–H groups in total. The number of rotatable bonds is 3. The molecule has 3 aromatic carbocycles. The van der Waals surface area contributed by atoms with Gasteiger partial charge in [0.25, 0.3) is 0 Å². The summed E-state index contributed by atoms with van der Waals surface area (Å²) in [6.45, 7) is 1.71. The van der Waals surface area contributed by atoms with E-state index in [9.17, 15) is 4.21 Å². The van der Waals surface area contributed by atoms with Gasteiger partial charge in [-0.2, -0.15) is 0 Å². The van der Waals surface area contributed by atoms with Gasteiger partial charge in [0.05, 0.1) is 22.2 Å². The summed E-state index contributed by atoms with van der Waals surface area (Å²) >= 11 is 0. The summed E-state index contributed by atoms with van der Waals surface area (Å²) in [5.41, 5.74) is 4.21. The van der Waals surface area contributed by atoms with E-state index in [1.54, 1.807) is 0 Å². The first-order valence-electron chi connectivity index (χ1n) is 9.12. The molecule has 0 saturated heterocycles. The molecule has 1 aliphatic heterocycles. The van der Waals surface area contributed by atoms with Crippen molar-refractivity contribution in [1.29, 1.82) is 0 Å². The third kappa shape index (κ3) is 2.91. The Hall–Kier alpha value is -2.69. The molecule has 1 atom stereocenters. The number of nitrogens with one attached hydrogen (secondary N) is 1. The van der Waals surface area contributed by atoms with Gasteiger partial charge in [-0.15, -0.1) is 0 Å². The van der Waals surface area contributed by atoms with E-state index in [1.165, 1.54) is 5.56 Å². The standard InChI is InChI=1S/C23H19NO2S/c25-27(23-9-5-4-8-18(23)16-6-2-1-3-7-16)17-10-11-21-20(14-17)19-12-13-24-15-22(19)26-21/h1-11,14,24H,12-13,15H2. The van der Waals surface area contributed by atoms with Gasteiger partial charge in [-0.1, -0.05) is 48.5 Å². The largest absolute Gasteiger partial charge is 0.459 e. The Kier molecular flexibility index (Phi) is 4.15. The topological polar surface area (TPSA) is 42.2 Å². The average molecular weight is 373 g/mol. The van der Waals surface area contributed by atoms with E-state index in [-0.39, 0.29) is 0 Å². The van der Waals surface area contributed by atoms with Gasteiger partial charge in [-0.05, 0) is 48.4 Å². The van der Waals surface area contributed by atoms with Crippen LogP contribution in [0.1, 0.15) is 11.3 Å². The van der Waals surface area contributed by atoms with E-state index in [2.05, 4.69) is 17.4 Å². The monoisotopic (exact) mass is 373 g/mol. The van der Waals surface area contributed by atoms with Crippen LogP contribution >= 0.6 is 0 Å². The highest BCUT2D eigenvalue weighted by atomic mass is 32.2. The number of fused-ring (bicyclic) bond motifs is 3. The molecular formula is C23H19NO2S. The van der Waals surface area contributed by atoms with Crippen molar-refractivity contribution in [2.75, 3.05) is 6.54 Å². The fourth-order valence-corrected chi connectivity index (χ4v) is 5.00. The third-order valence-corrected chi connectivity index (χ3v) is 6.51. The highest BCUT2D eigenvalue weighted by molar-refractivity contribution is 7.85. The number of hydrogen-bond acceptors (Lipinski definition) is 3. The fraction of sp³-hybridized carbons (Fsp3) is 0.130. The van der Waals surface area contributed by atoms with Crippen LogP contribution < -0.4 is 5.32 Å². The Morgan fingerprint density at radius 3 is 2.63 bits per heavy atom. The SMILES string of the molecule is O=S(c1ccc2oc3c(c2c1)CCNC3)c1ccccc1-c1ccccc1. The quantitative estimate of drug-likeness (QED) is 0.555. The van der Waals surface area contributed by atoms with E-state index in [1.807, 2.05) is 60.7 Å². The molecule has 1 unspecified atom stereocenters. The van der Waals surface area contributed by atoms with Crippen LogP contribution in [0.2, 0.25) is 0 Å². The normalized spacial score (nSPS) is 14.8. The second kappa shape index (κ2) is 6.80. The number of benzene rings is 3. The summed E-state index contributed by atoms with van der Waals surface area (Å²) in [7, 11) is -1.26. The lowest BCUT2D eigenvalue weighted by Gasteiger charge is -2.11. The van der Waals surface area contributed by atoms with Gasteiger partial charge >= 0.3 is 0 Å². The van der Waals surface area contributed by atoms with Crippen LogP contribution in [0.4, 0.5) is 0 Å². The summed E-state index contributed by atoms with van der Waals surface area (Å²) in [6.07, 6.45) is 0.943. The lowest BCUT2D eigenvalue weighted by Crippen LogP contribution is -2.22. The Bertz CT molecular complexity index is 1150. The van der Waals surface area contributed by atoms with Crippen LogP contribution in [0, 0.1) is 0 Å². The van der Waals surface area contributed by atoms with Gasteiger partial charge in [0.15, 0.2) is 0 Å². The molecule has 0 fully saturated rings. The smallest absolute Gasteiger partial charge is 0.134 e. The second-order valence-electron chi connectivity index (χ2n) is 6.72. The molecule has 3 nitrogen and oxygen atoms in total. The van der Waals surface area contributed by atoms with Crippen LogP contribution in [0.25, 0.3) is 22.1 Å². The van der Waals surface area contributed by atoms with Crippen molar-refractivity contribution in [3.63, 3.8) is 0 Å². The summed E-state index contributed by atoms with van der Waals surface area (Å²) in [5.74, 6) is 1.00. The zero-order valence-electron chi connectivity index (χ0n) is 14.8. The van der Waals surface area contributed by atoms with E-state index < -0.39 is 10.8 Å². The zero-order chi connectivity index (χ0) is 18.2. The molecule has 4 aromatic rings. The third-order valence-electron chi connectivity index (χ3n) is 5.07. The summed E-state index contributed by atoms with van der Waals surface area (Å²) in [4.78, 5) is 1.65. The van der Waals surface area contributed by atoms with Crippen LogP contribution in [0.3, 0.4) is 0 Å². The maximum absolute atomic E-state index is 13.4. The van der Waals surface area contributed by atoms with E-state index >= 15 is 0 Å². The Labute approximate surface area is 160 Å². The summed E-state index contributed by atoms with van der Waals surface area (Å²) < 4.78 is 19.4. The van der Waals surface area contributed by atoms with Gasteiger partial charge < -0.3 is 9.73 Å². The fourth-order valence-electron chi connectivity index (χ4n) is 3.74. The lowest BCUT2D eigenvalue weighted by atomic mass is 10.1. The van der Waals surface area contributed by atoms with Crippen molar-refractivity contribution < 1.29 is 8.63 Å². The number of furan rings is 1. The molecule has 0 radical (unpaired) electrons. The van der Waals surface area contributed by atoms with Crippen molar-refractivity contribution in [2.45, 2.75) is 22.8 Å². The highest BCUT2D eigenvalue weighted by Crippen LogP contribution is 2.33. The molecule has 5 rings (SSSR count). The maximum Gasteiger partial charge on any atom is 0.134 e. The molecule has 2 heterocycles. The predicted molar refractivity (Wildman–Crippen MR) is 108 cm³/mol. The molecule has 0 saturated carbocycles. The van der Waals surface area contributed by atoms with Crippen LogP contribution in [0.5, 0.6) is 0 Å². The van der Waals surface area contributed by atoms with Crippen LogP contribution in [-0.4, -0.2) is 10.8 Å².